The van der Waals surface area contributed by atoms with Gasteiger partial charge in [-0.15, -0.1) is 24.8 Å². The highest BCUT2D eigenvalue weighted by Crippen LogP contribution is 2.34. The van der Waals surface area contributed by atoms with E-state index in [9.17, 15) is 9.60 Å². The van der Waals surface area contributed by atoms with Gasteiger partial charge in [0.1, 0.15) is 5.82 Å². The highest BCUT2D eigenvalue weighted by atomic mass is 35.5. The molecule has 0 spiro atoms. The van der Waals surface area contributed by atoms with E-state index in [0.29, 0.717) is 5.56 Å². The highest BCUT2D eigenvalue weighted by Gasteiger charge is 2.47. The molecule has 0 saturated heterocycles. The molecule has 1 aliphatic heterocycles. The molecule has 5 N–H and O–H groups in total. The maximum absolute atomic E-state index is 13.4. The van der Waals surface area contributed by atoms with Crippen LogP contribution < -0.4 is 11.2 Å². The maximum atomic E-state index is 13.4. The van der Waals surface area contributed by atoms with Crippen molar-refractivity contribution in [1.29, 1.82) is 5.41 Å². The van der Waals surface area contributed by atoms with Gasteiger partial charge in [-0.2, -0.15) is 4.99 Å². The van der Waals surface area contributed by atoms with Crippen LogP contribution in [0.3, 0.4) is 0 Å². The molecular formula is C19H19Cl2FN6O. The van der Waals surface area contributed by atoms with Crippen LogP contribution in [0, 0.1) is 11.2 Å². The Morgan fingerprint density at radius 2 is 1.83 bits per heavy atom. The number of guanidine groups is 1. The van der Waals surface area contributed by atoms with Crippen LogP contribution in [-0.4, -0.2) is 28.5 Å². The number of halogens is 3. The van der Waals surface area contributed by atoms with Crippen molar-refractivity contribution >= 4 is 48.2 Å². The van der Waals surface area contributed by atoms with Gasteiger partial charge in [-0.05, 0) is 41.7 Å². The number of rotatable bonds is 2. The maximum Gasteiger partial charge on any atom is 0.219 e. The zero-order valence-corrected chi connectivity index (χ0v) is 16.7. The molecule has 1 atom stereocenters. The highest BCUT2D eigenvalue weighted by molar-refractivity contribution is 6.24. The molecule has 0 saturated carbocycles. The van der Waals surface area contributed by atoms with E-state index in [0.717, 1.165) is 24.1 Å². The van der Waals surface area contributed by atoms with E-state index in [1.165, 1.54) is 29.8 Å². The zero-order chi connectivity index (χ0) is 19.0. The minimum Gasteiger partial charge on any atom is -0.368 e. The van der Waals surface area contributed by atoms with Crippen molar-refractivity contribution in [1.82, 2.24) is 5.48 Å². The molecule has 152 valence electrons. The number of fused-ring (bicyclic) bond motifs is 1. The molecule has 1 heterocycles. The molecular weight excluding hydrogens is 418 g/mol. The molecule has 0 amide bonds. The number of hydrogen-bond donors (Lipinski definition) is 4. The first-order valence-electron chi connectivity index (χ1n) is 8.40. The normalized spacial score (nSPS) is 20.8. The van der Waals surface area contributed by atoms with Crippen LogP contribution in [0.15, 0.2) is 63.5 Å². The van der Waals surface area contributed by atoms with Crippen LogP contribution in [0.25, 0.3) is 0 Å². The summed E-state index contributed by atoms with van der Waals surface area (Å²) in [6.07, 6.45) is 1.58. The predicted molar refractivity (Wildman–Crippen MR) is 116 cm³/mol. The summed E-state index contributed by atoms with van der Waals surface area (Å²) in [7, 11) is 0. The van der Waals surface area contributed by atoms with E-state index in [1.807, 2.05) is 29.7 Å². The lowest BCUT2D eigenvalue weighted by Gasteiger charge is -2.26. The summed E-state index contributed by atoms with van der Waals surface area (Å²) in [6, 6.07) is 13.4. The van der Waals surface area contributed by atoms with Crippen LogP contribution in [0.5, 0.6) is 0 Å². The van der Waals surface area contributed by atoms with E-state index in [4.69, 9.17) is 11.1 Å². The predicted octanol–water partition coefficient (Wildman–Crippen LogP) is 2.98. The van der Waals surface area contributed by atoms with Gasteiger partial charge in [0.2, 0.25) is 11.5 Å². The average molecular weight is 437 g/mol. The second kappa shape index (κ2) is 8.69. The summed E-state index contributed by atoms with van der Waals surface area (Å²) >= 11 is 0. The van der Waals surface area contributed by atoms with Crippen LogP contribution in [0.4, 0.5) is 4.39 Å². The first-order valence-corrected chi connectivity index (χ1v) is 8.40. The second-order valence-corrected chi connectivity index (χ2v) is 6.33. The summed E-state index contributed by atoms with van der Waals surface area (Å²) in [5.41, 5.74) is 9.55. The lowest BCUT2D eigenvalue weighted by atomic mass is 9.88. The van der Waals surface area contributed by atoms with E-state index in [-0.39, 0.29) is 42.4 Å². The Kier molecular flexibility index (Phi) is 6.73. The quantitative estimate of drug-likeness (QED) is 0.329. The first kappa shape index (κ1) is 22.5. The second-order valence-electron chi connectivity index (χ2n) is 6.33. The Balaban J connectivity index is 0.00000150. The van der Waals surface area contributed by atoms with Crippen LogP contribution >= 0.6 is 24.8 Å². The number of aliphatic imine (C=N–C) groups is 3. The SMILES string of the molecule is Cl.Cl.N=C(NO)C1(c2ccc(F)cc2)N=C(N)N=C1N=C1CCc2ccccc21. The third-order valence-corrected chi connectivity index (χ3v) is 4.76. The molecule has 1 aliphatic carbocycles. The fraction of sp³-hybridized carbons (Fsp3) is 0.158. The van der Waals surface area contributed by atoms with Crippen molar-refractivity contribution in [3.63, 3.8) is 0 Å². The monoisotopic (exact) mass is 436 g/mol. The Morgan fingerprint density at radius 1 is 1.14 bits per heavy atom. The molecule has 2 aromatic rings. The van der Waals surface area contributed by atoms with Gasteiger partial charge in [-0.1, -0.05) is 36.4 Å². The van der Waals surface area contributed by atoms with E-state index in [2.05, 4.69) is 15.0 Å². The Hall–Kier alpha value is -2.81. The number of nitrogens with one attached hydrogen (secondary N) is 2. The largest absolute Gasteiger partial charge is 0.368 e. The molecule has 7 nitrogen and oxygen atoms in total. The molecule has 10 heteroatoms. The van der Waals surface area contributed by atoms with Crippen molar-refractivity contribution in [2.75, 3.05) is 0 Å². The fourth-order valence-electron chi connectivity index (χ4n) is 3.47. The number of nitrogens with zero attached hydrogens (tertiary/aromatic N) is 3. The van der Waals surface area contributed by atoms with Crippen LogP contribution in [-0.2, 0) is 12.0 Å². The molecule has 1 unspecified atom stereocenters. The molecule has 0 radical (unpaired) electrons. The molecule has 2 aliphatic rings. The van der Waals surface area contributed by atoms with E-state index in [1.54, 1.807) is 0 Å². The van der Waals surface area contributed by atoms with Crippen molar-refractivity contribution in [3.05, 3.63) is 71.0 Å². The van der Waals surface area contributed by atoms with Gasteiger partial charge in [0, 0.05) is 0 Å². The lowest BCUT2D eigenvalue weighted by molar-refractivity contribution is 0.227. The molecule has 0 bridgehead atoms. The summed E-state index contributed by atoms with van der Waals surface area (Å²) in [5.74, 6) is -0.708. The van der Waals surface area contributed by atoms with Crippen molar-refractivity contribution in [3.8, 4) is 0 Å². The minimum atomic E-state index is -1.56. The standard InChI is InChI=1S/C19H17FN6O.2ClH/c20-13-8-6-12(7-9-13)19(16(21)26-27)17(24-18(22)25-19)23-15-10-5-11-3-1-2-4-14(11)15;;/h1-4,6-9,27H,5,10H2,(H2,21,26)(H2,22,25);2*1H. The minimum absolute atomic E-state index is 0. The molecule has 0 aromatic heterocycles. The Labute approximate surface area is 179 Å². The third kappa shape index (κ3) is 3.74. The van der Waals surface area contributed by atoms with Crippen molar-refractivity contribution in [2.45, 2.75) is 18.4 Å². The molecule has 0 fully saturated rings. The number of benzene rings is 2. The number of hydroxylamine groups is 1. The molecule has 4 rings (SSSR count). The van der Waals surface area contributed by atoms with Gasteiger partial charge in [0.05, 0.1) is 5.71 Å². The van der Waals surface area contributed by atoms with Gasteiger partial charge in [-0.3, -0.25) is 16.1 Å². The van der Waals surface area contributed by atoms with E-state index < -0.39 is 11.4 Å². The number of aryl methyl sites for hydroxylation is 1. The summed E-state index contributed by atoms with van der Waals surface area (Å²) < 4.78 is 13.4. The van der Waals surface area contributed by atoms with Crippen LogP contribution in [0.1, 0.15) is 23.1 Å². The van der Waals surface area contributed by atoms with Gasteiger partial charge in [0.25, 0.3) is 0 Å². The number of nitrogens with two attached hydrogens (primary N) is 1. The molecule has 2 aromatic carbocycles. The van der Waals surface area contributed by atoms with Gasteiger partial charge < -0.3 is 5.73 Å². The summed E-state index contributed by atoms with van der Waals surface area (Å²) in [6.45, 7) is 0. The number of hydrogen-bond acceptors (Lipinski definition) is 6. The summed E-state index contributed by atoms with van der Waals surface area (Å²) in [4.78, 5) is 13.2. The number of amidine groups is 2. The van der Waals surface area contributed by atoms with Gasteiger partial charge in [-0.25, -0.2) is 14.4 Å². The van der Waals surface area contributed by atoms with Crippen molar-refractivity contribution < 1.29 is 9.60 Å². The van der Waals surface area contributed by atoms with Crippen LogP contribution in [0.2, 0.25) is 0 Å². The van der Waals surface area contributed by atoms with Crippen molar-refractivity contribution in [2.24, 2.45) is 20.7 Å². The van der Waals surface area contributed by atoms with Gasteiger partial charge >= 0.3 is 0 Å². The smallest absolute Gasteiger partial charge is 0.219 e. The Morgan fingerprint density at radius 3 is 2.52 bits per heavy atom. The topological polar surface area (TPSA) is 119 Å². The third-order valence-electron chi connectivity index (χ3n) is 4.76. The first-order chi connectivity index (χ1) is 13.0. The van der Waals surface area contributed by atoms with E-state index >= 15 is 0 Å². The molecule has 29 heavy (non-hydrogen) atoms. The zero-order valence-electron chi connectivity index (χ0n) is 15.1. The fourth-order valence-corrected chi connectivity index (χ4v) is 3.47. The van der Waals surface area contributed by atoms with Gasteiger partial charge in [0.15, 0.2) is 11.7 Å². The Bertz CT molecular complexity index is 1020. The average Bonchev–Trinajstić information content (AvgIpc) is 3.24. The summed E-state index contributed by atoms with van der Waals surface area (Å²) in [5, 5.41) is 17.7. The lowest BCUT2D eigenvalue weighted by Crippen LogP contribution is -2.46.